The summed E-state index contributed by atoms with van der Waals surface area (Å²) in [6, 6.07) is 3.51. The molecule has 5 nitrogen and oxygen atoms in total. The minimum atomic E-state index is -2.85. The van der Waals surface area contributed by atoms with Crippen LogP contribution >= 0.6 is 0 Å². The molecule has 1 atom stereocenters. The molecule has 3 rings (SSSR count). The van der Waals surface area contributed by atoms with Crippen LogP contribution in [0.2, 0.25) is 0 Å². The van der Waals surface area contributed by atoms with Crippen molar-refractivity contribution in [1.29, 1.82) is 0 Å². The van der Waals surface area contributed by atoms with Crippen molar-refractivity contribution in [2.75, 3.05) is 30.3 Å². The molecule has 0 spiro atoms. The van der Waals surface area contributed by atoms with E-state index in [4.69, 9.17) is 0 Å². The second-order valence-electron chi connectivity index (χ2n) is 6.50. The Morgan fingerprint density at radius 3 is 2.65 bits per heavy atom. The van der Waals surface area contributed by atoms with E-state index in [1.807, 2.05) is 0 Å². The van der Waals surface area contributed by atoms with Crippen molar-refractivity contribution in [3.63, 3.8) is 0 Å². The Morgan fingerprint density at radius 2 is 2.00 bits per heavy atom. The van der Waals surface area contributed by atoms with E-state index in [1.165, 1.54) is 12.1 Å². The average Bonchev–Trinajstić information content (AvgIpc) is 2.55. The molecule has 140 valence electrons. The van der Waals surface area contributed by atoms with Crippen molar-refractivity contribution in [2.24, 2.45) is 5.92 Å². The van der Waals surface area contributed by atoms with Crippen molar-refractivity contribution in [1.82, 2.24) is 15.3 Å². The molecule has 8 heteroatoms. The molecule has 0 radical (unpaired) electrons. The molecule has 1 aliphatic rings. The van der Waals surface area contributed by atoms with E-state index in [1.54, 1.807) is 20.0 Å². The summed E-state index contributed by atoms with van der Waals surface area (Å²) in [5.41, 5.74) is 0.291. The molecular formula is C18H22F3N5. The van der Waals surface area contributed by atoms with Gasteiger partial charge in [-0.25, -0.2) is 23.1 Å². The van der Waals surface area contributed by atoms with Gasteiger partial charge in [-0.15, -0.1) is 0 Å². The number of rotatable bonds is 7. The van der Waals surface area contributed by atoms with Gasteiger partial charge in [-0.3, -0.25) is 0 Å². The highest BCUT2D eigenvalue weighted by atomic mass is 19.3. The molecule has 3 N–H and O–H groups in total. The Bertz CT molecular complexity index is 764. The number of anilines is 2. The molecule has 1 aliphatic heterocycles. The van der Waals surface area contributed by atoms with Crippen molar-refractivity contribution in [3.05, 3.63) is 47.2 Å². The maximum Gasteiger partial charge on any atom is 0.266 e. The van der Waals surface area contributed by atoms with Crippen LogP contribution in [0.25, 0.3) is 0 Å². The van der Waals surface area contributed by atoms with E-state index < -0.39 is 23.8 Å². The van der Waals surface area contributed by atoms with E-state index in [9.17, 15) is 13.2 Å². The molecule has 0 aliphatic carbocycles. The third-order valence-corrected chi connectivity index (χ3v) is 4.47. The Morgan fingerprint density at radius 1 is 1.27 bits per heavy atom. The van der Waals surface area contributed by atoms with Gasteiger partial charge in [0.25, 0.3) is 6.43 Å². The van der Waals surface area contributed by atoms with Gasteiger partial charge in [0.1, 0.15) is 11.6 Å². The van der Waals surface area contributed by atoms with Crippen molar-refractivity contribution < 1.29 is 13.2 Å². The van der Waals surface area contributed by atoms with E-state index in [-0.39, 0.29) is 5.56 Å². The molecule has 0 amide bonds. The van der Waals surface area contributed by atoms with Crippen LogP contribution in [0, 0.1) is 18.7 Å². The van der Waals surface area contributed by atoms with Gasteiger partial charge >= 0.3 is 0 Å². The molecule has 2 heterocycles. The predicted octanol–water partition coefficient (Wildman–Crippen LogP) is 3.67. The fourth-order valence-electron chi connectivity index (χ4n) is 2.81. The largest absolute Gasteiger partial charge is 0.380 e. The van der Waals surface area contributed by atoms with Crippen LogP contribution in [-0.4, -0.2) is 29.6 Å². The Labute approximate surface area is 150 Å². The summed E-state index contributed by atoms with van der Waals surface area (Å²) in [4.78, 5) is 8.57. The maximum atomic E-state index is 14.4. The lowest BCUT2D eigenvalue weighted by molar-refractivity contribution is 0.146. The molecule has 0 unspecified atom stereocenters. The van der Waals surface area contributed by atoms with Gasteiger partial charge in [0, 0.05) is 31.1 Å². The van der Waals surface area contributed by atoms with Gasteiger partial charge in [0.15, 0.2) is 5.82 Å². The number of hydrogen-bond acceptors (Lipinski definition) is 5. The van der Waals surface area contributed by atoms with Crippen molar-refractivity contribution in [2.45, 2.75) is 26.3 Å². The zero-order valence-corrected chi connectivity index (χ0v) is 14.7. The van der Waals surface area contributed by atoms with E-state index in [0.29, 0.717) is 23.2 Å². The van der Waals surface area contributed by atoms with Crippen LogP contribution < -0.4 is 16.0 Å². The molecule has 1 aromatic heterocycles. The molecule has 1 aromatic carbocycles. The number of benzene rings is 1. The lowest BCUT2D eigenvalue weighted by Crippen LogP contribution is -2.45. The number of halogens is 3. The summed E-state index contributed by atoms with van der Waals surface area (Å²) < 4.78 is 40.3. The molecular weight excluding hydrogens is 343 g/mol. The van der Waals surface area contributed by atoms with Gasteiger partial charge in [-0.2, -0.15) is 0 Å². The van der Waals surface area contributed by atoms with Gasteiger partial charge in [0.05, 0.1) is 23.5 Å². The number of nitrogens with one attached hydrogen (secondary N) is 3. The van der Waals surface area contributed by atoms with Gasteiger partial charge < -0.3 is 16.0 Å². The minimum absolute atomic E-state index is 0.174. The van der Waals surface area contributed by atoms with E-state index in [0.717, 1.165) is 25.7 Å². The average molecular weight is 365 g/mol. The summed E-state index contributed by atoms with van der Waals surface area (Å²) in [5, 5.41) is 9.63. The summed E-state index contributed by atoms with van der Waals surface area (Å²) >= 11 is 0. The van der Waals surface area contributed by atoms with Crippen LogP contribution in [0.15, 0.2) is 24.4 Å². The van der Waals surface area contributed by atoms with Crippen LogP contribution in [0.3, 0.4) is 0 Å². The zero-order chi connectivity index (χ0) is 18.7. The first-order valence-electron chi connectivity index (χ1n) is 8.57. The fourth-order valence-corrected chi connectivity index (χ4v) is 2.81. The quantitative estimate of drug-likeness (QED) is 0.699. The zero-order valence-electron chi connectivity index (χ0n) is 14.7. The van der Waals surface area contributed by atoms with Crippen LogP contribution in [0.4, 0.5) is 24.7 Å². The normalized spacial score (nSPS) is 15.6. The standard InChI is InChI=1S/C18H22F3N5/c1-10(13-4-3-5-14(16(13)19)17(20)21)25-18-15(9-23-11(2)26-18)24-8-12-6-22-7-12/h3-5,9-10,12,17,22,24H,6-8H2,1-2H3,(H,23,25,26)/t10-/m1/s1. The highest BCUT2D eigenvalue weighted by molar-refractivity contribution is 5.64. The molecule has 1 saturated heterocycles. The van der Waals surface area contributed by atoms with Gasteiger partial charge in [-0.1, -0.05) is 18.2 Å². The first-order valence-corrected chi connectivity index (χ1v) is 8.57. The highest BCUT2D eigenvalue weighted by Gasteiger charge is 2.21. The summed E-state index contributed by atoms with van der Waals surface area (Å²) in [7, 11) is 0. The number of alkyl halides is 2. The number of nitrogens with zero attached hydrogens (tertiary/aromatic N) is 2. The molecule has 1 fully saturated rings. The number of aryl methyl sites for hydroxylation is 1. The molecule has 0 bridgehead atoms. The number of hydrogen-bond donors (Lipinski definition) is 3. The molecule has 2 aromatic rings. The van der Waals surface area contributed by atoms with Crippen molar-refractivity contribution in [3.8, 4) is 0 Å². The predicted molar refractivity (Wildman–Crippen MR) is 95.0 cm³/mol. The second kappa shape index (κ2) is 7.90. The first-order chi connectivity index (χ1) is 12.5. The van der Waals surface area contributed by atoms with E-state index in [2.05, 4.69) is 25.9 Å². The van der Waals surface area contributed by atoms with Gasteiger partial charge in [0.2, 0.25) is 0 Å². The van der Waals surface area contributed by atoms with E-state index >= 15 is 0 Å². The second-order valence-corrected chi connectivity index (χ2v) is 6.50. The van der Waals surface area contributed by atoms with Crippen LogP contribution in [0.5, 0.6) is 0 Å². The third-order valence-electron chi connectivity index (χ3n) is 4.47. The summed E-state index contributed by atoms with van der Waals surface area (Å²) in [5.74, 6) is 0.751. The highest BCUT2D eigenvalue weighted by Crippen LogP contribution is 2.30. The van der Waals surface area contributed by atoms with Crippen LogP contribution in [-0.2, 0) is 0 Å². The Balaban J connectivity index is 1.79. The number of aromatic nitrogens is 2. The fraction of sp³-hybridized carbons (Fsp3) is 0.444. The smallest absolute Gasteiger partial charge is 0.266 e. The summed E-state index contributed by atoms with van der Waals surface area (Å²) in [6.07, 6.45) is -1.17. The topological polar surface area (TPSA) is 61.9 Å². The minimum Gasteiger partial charge on any atom is -0.380 e. The summed E-state index contributed by atoms with van der Waals surface area (Å²) in [6.45, 7) is 6.17. The molecule has 26 heavy (non-hydrogen) atoms. The van der Waals surface area contributed by atoms with Crippen LogP contribution in [0.1, 0.15) is 36.3 Å². The Kier molecular flexibility index (Phi) is 5.61. The third kappa shape index (κ3) is 4.07. The molecule has 0 saturated carbocycles. The first kappa shape index (κ1) is 18.4. The SMILES string of the molecule is Cc1ncc(NCC2CNC2)c(N[C@H](C)c2cccc(C(F)F)c2F)n1. The lowest BCUT2D eigenvalue weighted by atomic mass is 10.0. The van der Waals surface area contributed by atoms with Crippen molar-refractivity contribution >= 4 is 11.5 Å². The maximum absolute atomic E-state index is 14.4. The van der Waals surface area contributed by atoms with Gasteiger partial charge in [-0.05, 0) is 13.8 Å². The monoisotopic (exact) mass is 365 g/mol. The Hall–Kier alpha value is -2.35. The lowest BCUT2D eigenvalue weighted by Gasteiger charge is -2.28.